The van der Waals surface area contributed by atoms with Crippen molar-refractivity contribution in [1.82, 2.24) is 0 Å². The zero-order valence-electron chi connectivity index (χ0n) is 9.58. The minimum atomic E-state index is 0.213. The fraction of sp³-hybridized carbons (Fsp3) is 1.00. The molecule has 2 N–H and O–H groups in total. The molecule has 0 radical (unpaired) electrons. The number of rotatable bonds is 2. The monoisotopic (exact) mass is 209 g/mol. The van der Waals surface area contributed by atoms with Crippen LogP contribution in [0.2, 0.25) is 0 Å². The minimum Gasteiger partial charge on any atom is -0.381 e. The van der Waals surface area contributed by atoms with Gasteiger partial charge in [-0.3, -0.25) is 0 Å². The van der Waals surface area contributed by atoms with Gasteiger partial charge in [-0.1, -0.05) is 6.42 Å². The van der Waals surface area contributed by atoms with E-state index in [1.165, 1.54) is 44.9 Å². The maximum Gasteiger partial charge on any atom is 0.0468 e. The van der Waals surface area contributed by atoms with E-state index in [0.717, 1.165) is 31.0 Å². The van der Waals surface area contributed by atoms with Gasteiger partial charge in [-0.15, -0.1) is 0 Å². The van der Waals surface area contributed by atoms with Gasteiger partial charge in [-0.25, -0.2) is 0 Å². The van der Waals surface area contributed by atoms with Crippen molar-refractivity contribution in [3.8, 4) is 0 Å². The second kappa shape index (κ2) is 3.74. The molecule has 3 fully saturated rings. The highest BCUT2D eigenvalue weighted by Crippen LogP contribution is 2.52. The maximum absolute atomic E-state index is 6.63. The van der Waals surface area contributed by atoms with E-state index in [1.54, 1.807) is 0 Å². The molecular weight excluding hydrogens is 186 g/mol. The standard InChI is InChI=1S/C13H23NO/c14-13(8-10-3-5-15-6-4-10)9-11-1-2-12(13)7-11/h10-12H,1-9,14H2. The van der Waals surface area contributed by atoms with Crippen LogP contribution in [0.3, 0.4) is 0 Å². The first-order valence-electron chi connectivity index (χ1n) is 6.63. The summed E-state index contributed by atoms with van der Waals surface area (Å²) in [6, 6.07) is 0. The Kier molecular flexibility index (Phi) is 2.52. The summed E-state index contributed by atoms with van der Waals surface area (Å²) in [5.74, 6) is 2.67. The first-order valence-corrected chi connectivity index (χ1v) is 6.63. The summed E-state index contributed by atoms with van der Waals surface area (Å²) >= 11 is 0. The highest BCUT2D eigenvalue weighted by molar-refractivity contribution is 5.05. The first kappa shape index (κ1) is 10.1. The minimum absolute atomic E-state index is 0.213. The van der Waals surface area contributed by atoms with E-state index in [1.807, 2.05) is 0 Å². The van der Waals surface area contributed by atoms with E-state index in [4.69, 9.17) is 10.5 Å². The van der Waals surface area contributed by atoms with Crippen molar-refractivity contribution in [1.29, 1.82) is 0 Å². The molecular formula is C13H23NO. The molecule has 0 aromatic carbocycles. The highest BCUT2D eigenvalue weighted by Gasteiger charge is 2.48. The van der Waals surface area contributed by atoms with Crippen LogP contribution in [0.4, 0.5) is 0 Å². The lowest BCUT2D eigenvalue weighted by molar-refractivity contribution is 0.0508. The number of ether oxygens (including phenoxy) is 1. The molecule has 2 saturated carbocycles. The Balaban J connectivity index is 1.61. The summed E-state index contributed by atoms with van der Waals surface area (Å²) < 4.78 is 5.42. The fourth-order valence-electron chi connectivity index (χ4n) is 4.22. The van der Waals surface area contributed by atoms with Gasteiger partial charge in [0.15, 0.2) is 0 Å². The molecule has 3 rings (SSSR count). The van der Waals surface area contributed by atoms with Crippen molar-refractivity contribution in [2.24, 2.45) is 23.5 Å². The molecule has 86 valence electrons. The second-order valence-corrected chi connectivity index (χ2v) is 6.07. The Bertz CT molecular complexity index is 237. The third kappa shape index (κ3) is 1.83. The summed E-state index contributed by atoms with van der Waals surface area (Å²) in [5.41, 5.74) is 6.85. The Hall–Kier alpha value is -0.0800. The predicted molar refractivity (Wildman–Crippen MR) is 60.5 cm³/mol. The average molecular weight is 209 g/mol. The van der Waals surface area contributed by atoms with Crippen LogP contribution in [0, 0.1) is 17.8 Å². The van der Waals surface area contributed by atoms with Gasteiger partial charge in [0.05, 0.1) is 0 Å². The zero-order valence-corrected chi connectivity index (χ0v) is 9.58. The molecule has 0 spiro atoms. The smallest absolute Gasteiger partial charge is 0.0468 e. The molecule has 0 aromatic heterocycles. The first-order chi connectivity index (χ1) is 7.26. The number of fused-ring (bicyclic) bond motifs is 2. The molecule has 15 heavy (non-hydrogen) atoms. The zero-order chi connectivity index (χ0) is 10.3. The van der Waals surface area contributed by atoms with Gasteiger partial charge >= 0.3 is 0 Å². The molecule has 1 heterocycles. The van der Waals surface area contributed by atoms with Crippen LogP contribution in [-0.4, -0.2) is 18.8 Å². The van der Waals surface area contributed by atoms with Gasteiger partial charge in [0.2, 0.25) is 0 Å². The quantitative estimate of drug-likeness (QED) is 0.757. The second-order valence-electron chi connectivity index (χ2n) is 6.07. The van der Waals surface area contributed by atoms with Gasteiger partial charge in [-0.05, 0) is 56.3 Å². The number of hydrogen-bond acceptors (Lipinski definition) is 2. The Morgan fingerprint density at radius 2 is 1.93 bits per heavy atom. The van der Waals surface area contributed by atoms with E-state index in [0.29, 0.717) is 0 Å². The third-order valence-electron chi connectivity index (χ3n) is 5.03. The van der Waals surface area contributed by atoms with E-state index in [-0.39, 0.29) is 5.54 Å². The Labute approximate surface area is 92.6 Å². The predicted octanol–water partition coefficient (Wildman–Crippen LogP) is 2.32. The van der Waals surface area contributed by atoms with Crippen LogP contribution < -0.4 is 5.73 Å². The van der Waals surface area contributed by atoms with Crippen LogP contribution in [0.1, 0.15) is 44.9 Å². The highest BCUT2D eigenvalue weighted by atomic mass is 16.5. The van der Waals surface area contributed by atoms with Gasteiger partial charge in [0, 0.05) is 18.8 Å². The lowest BCUT2D eigenvalue weighted by atomic mass is 9.74. The van der Waals surface area contributed by atoms with Gasteiger partial charge < -0.3 is 10.5 Å². The molecule has 0 amide bonds. The summed E-state index contributed by atoms with van der Waals surface area (Å²) in [7, 11) is 0. The van der Waals surface area contributed by atoms with Crippen molar-refractivity contribution in [3.63, 3.8) is 0 Å². The van der Waals surface area contributed by atoms with E-state index >= 15 is 0 Å². The normalized spacial score (nSPS) is 46.2. The molecule has 2 nitrogen and oxygen atoms in total. The Morgan fingerprint density at radius 1 is 1.13 bits per heavy atom. The van der Waals surface area contributed by atoms with Crippen molar-refractivity contribution in [2.75, 3.05) is 13.2 Å². The summed E-state index contributed by atoms with van der Waals surface area (Å²) in [6.45, 7) is 1.93. The Morgan fingerprint density at radius 3 is 2.53 bits per heavy atom. The van der Waals surface area contributed by atoms with Crippen LogP contribution >= 0.6 is 0 Å². The number of hydrogen-bond donors (Lipinski definition) is 1. The van der Waals surface area contributed by atoms with Gasteiger partial charge in [0.1, 0.15) is 0 Å². The summed E-state index contributed by atoms with van der Waals surface area (Å²) in [6.07, 6.45) is 9.38. The molecule has 2 aliphatic carbocycles. The van der Waals surface area contributed by atoms with Crippen LogP contribution in [-0.2, 0) is 4.74 Å². The van der Waals surface area contributed by atoms with Gasteiger partial charge in [0.25, 0.3) is 0 Å². The maximum atomic E-state index is 6.63. The molecule has 3 atom stereocenters. The molecule has 0 aromatic rings. The van der Waals surface area contributed by atoms with Crippen molar-refractivity contribution in [3.05, 3.63) is 0 Å². The van der Waals surface area contributed by atoms with Crippen LogP contribution in [0.5, 0.6) is 0 Å². The third-order valence-corrected chi connectivity index (χ3v) is 5.03. The molecule has 2 heteroatoms. The van der Waals surface area contributed by atoms with Crippen LogP contribution in [0.25, 0.3) is 0 Å². The van der Waals surface area contributed by atoms with Gasteiger partial charge in [-0.2, -0.15) is 0 Å². The molecule has 3 aliphatic rings. The number of nitrogens with two attached hydrogens (primary N) is 1. The van der Waals surface area contributed by atoms with E-state index < -0.39 is 0 Å². The van der Waals surface area contributed by atoms with Crippen molar-refractivity contribution >= 4 is 0 Å². The largest absolute Gasteiger partial charge is 0.381 e. The molecule has 1 aliphatic heterocycles. The lowest BCUT2D eigenvalue weighted by Gasteiger charge is -2.38. The van der Waals surface area contributed by atoms with Crippen LogP contribution in [0.15, 0.2) is 0 Å². The molecule has 1 saturated heterocycles. The SMILES string of the molecule is NC1(CC2CCOCC2)CC2CCC1C2. The summed E-state index contributed by atoms with van der Waals surface area (Å²) in [5, 5.41) is 0. The summed E-state index contributed by atoms with van der Waals surface area (Å²) in [4.78, 5) is 0. The topological polar surface area (TPSA) is 35.2 Å². The van der Waals surface area contributed by atoms with Crippen molar-refractivity contribution < 1.29 is 4.74 Å². The lowest BCUT2D eigenvalue weighted by Crippen LogP contribution is -2.47. The average Bonchev–Trinajstić information content (AvgIpc) is 2.78. The van der Waals surface area contributed by atoms with Crippen molar-refractivity contribution in [2.45, 2.75) is 50.5 Å². The molecule has 2 bridgehead atoms. The fourth-order valence-corrected chi connectivity index (χ4v) is 4.22. The molecule has 3 unspecified atom stereocenters. The van der Waals surface area contributed by atoms with E-state index in [9.17, 15) is 0 Å². The van der Waals surface area contributed by atoms with E-state index in [2.05, 4.69) is 0 Å².